The zero-order chi connectivity index (χ0) is 14.8. The van der Waals surface area contributed by atoms with Gasteiger partial charge < -0.3 is 9.47 Å². The number of esters is 2. The fourth-order valence-corrected chi connectivity index (χ4v) is 2.27. The van der Waals surface area contributed by atoms with Crippen LogP contribution >= 0.6 is 0 Å². The molecule has 4 heteroatoms. The van der Waals surface area contributed by atoms with Crippen LogP contribution in [0.15, 0.2) is 12.2 Å². The first-order valence-electron chi connectivity index (χ1n) is 7.59. The first-order chi connectivity index (χ1) is 9.58. The summed E-state index contributed by atoms with van der Waals surface area (Å²) in [5, 5.41) is 0. The van der Waals surface area contributed by atoms with Crippen LogP contribution in [0.4, 0.5) is 0 Å². The SMILES string of the molecule is CC(C)CCCOC(=O)/C=C/C(=O)OCC1CCCC1. The van der Waals surface area contributed by atoms with Gasteiger partial charge in [-0.05, 0) is 37.5 Å². The number of hydrogen-bond acceptors (Lipinski definition) is 4. The molecule has 4 nitrogen and oxygen atoms in total. The Hall–Kier alpha value is -1.32. The van der Waals surface area contributed by atoms with Gasteiger partial charge in [-0.15, -0.1) is 0 Å². The molecule has 0 radical (unpaired) electrons. The number of hydrogen-bond donors (Lipinski definition) is 0. The van der Waals surface area contributed by atoms with Crippen LogP contribution in [0.25, 0.3) is 0 Å². The minimum atomic E-state index is -0.480. The number of ether oxygens (including phenoxy) is 2. The van der Waals surface area contributed by atoms with Gasteiger partial charge in [-0.1, -0.05) is 26.7 Å². The summed E-state index contributed by atoms with van der Waals surface area (Å²) in [5.74, 6) is 0.160. The molecular formula is C16H26O4. The zero-order valence-corrected chi connectivity index (χ0v) is 12.6. The van der Waals surface area contributed by atoms with Crippen LogP contribution in [0, 0.1) is 11.8 Å². The molecular weight excluding hydrogens is 256 g/mol. The van der Waals surface area contributed by atoms with Crippen LogP contribution in [-0.2, 0) is 19.1 Å². The molecule has 0 aromatic carbocycles. The molecule has 0 N–H and O–H groups in total. The van der Waals surface area contributed by atoms with Crippen molar-refractivity contribution in [2.75, 3.05) is 13.2 Å². The second-order valence-corrected chi connectivity index (χ2v) is 5.82. The maximum Gasteiger partial charge on any atom is 0.331 e. The smallest absolute Gasteiger partial charge is 0.331 e. The van der Waals surface area contributed by atoms with Gasteiger partial charge in [0.25, 0.3) is 0 Å². The molecule has 0 saturated heterocycles. The number of carbonyl (C=O) groups is 2. The molecule has 20 heavy (non-hydrogen) atoms. The summed E-state index contributed by atoms with van der Waals surface area (Å²) < 4.78 is 10.1. The van der Waals surface area contributed by atoms with E-state index in [1.54, 1.807) is 0 Å². The summed E-state index contributed by atoms with van der Waals surface area (Å²) in [6.07, 6.45) is 8.89. The van der Waals surface area contributed by atoms with E-state index in [1.165, 1.54) is 12.8 Å². The summed E-state index contributed by atoms with van der Waals surface area (Å²) in [7, 11) is 0. The molecule has 1 aliphatic rings. The quantitative estimate of drug-likeness (QED) is 0.389. The zero-order valence-electron chi connectivity index (χ0n) is 12.6. The first-order valence-corrected chi connectivity index (χ1v) is 7.59. The third-order valence-electron chi connectivity index (χ3n) is 3.46. The fourth-order valence-electron chi connectivity index (χ4n) is 2.27. The molecule has 1 aliphatic carbocycles. The molecule has 114 valence electrons. The van der Waals surface area contributed by atoms with E-state index in [0.717, 1.165) is 37.8 Å². The van der Waals surface area contributed by atoms with E-state index in [-0.39, 0.29) is 0 Å². The maximum atomic E-state index is 11.4. The lowest BCUT2D eigenvalue weighted by Gasteiger charge is -2.07. The van der Waals surface area contributed by atoms with Crippen molar-refractivity contribution in [2.24, 2.45) is 11.8 Å². The van der Waals surface area contributed by atoms with E-state index in [2.05, 4.69) is 13.8 Å². The van der Waals surface area contributed by atoms with Gasteiger partial charge in [0.1, 0.15) is 0 Å². The van der Waals surface area contributed by atoms with E-state index >= 15 is 0 Å². The Labute approximate surface area is 121 Å². The molecule has 0 unspecified atom stereocenters. The van der Waals surface area contributed by atoms with Crippen molar-refractivity contribution in [2.45, 2.75) is 52.4 Å². The highest BCUT2D eigenvalue weighted by molar-refractivity contribution is 5.91. The van der Waals surface area contributed by atoms with Crippen LogP contribution in [-0.4, -0.2) is 25.2 Å². The molecule has 0 aliphatic heterocycles. The molecule has 0 heterocycles. The maximum absolute atomic E-state index is 11.4. The summed E-state index contributed by atoms with van der Waals surface area (Å²) in [6, 6.07) is 0. The average molecular weight is 282 g/mol. The Morgan fingerprint density at radius 1 is 1.10 bits per heavy atom. The topological polar surface area (TPSA) is 52.6 Å². The van der Waals surface area contributed by atoms with Gasteiger partial charge in [-0.25, -0.2) is 9.59 Å². The van der Waals surface area contributed by atoms with Crippen molar-refractivity contribution < 1.29 is 19.1 Å². The molecule has 0 atom stereocenters. The second-order valence-electron chi connectivity index (χ2n) is 5.82. The lowest BCUT2D eigenvalue weighted by molar-refractivity contribution is -0.141. The monoisotopic (exact) mass is 282 g/mol. The van der Waals surface area contributed by atoms with E-state index in [4.69, 9.17) is 9.47 Å². The predicted octanol–water partition coefficient (Wildman–Crippen LogP) is 3.26. The average Bonchev–Trinajstić information content (AvgIpc) is 2.92. The Morgan fingerprint density at radius 3 is 2.30 bits per heavy atom. The number of rotatable bonds is 8. The Morgan fingerprint density at radius 2 is 1.70 bits per heavy atom. The predicted molar refractivity (Wildman–Crippen MR) is 77.1 cm³/mol. The van der Waals surface area contributed by atoms with Crippen molar-refractivity contribution >= 4 is 11.9 Å². The highest BCUT2D eigenvalue weighted by Crippen LogP contribution is 2.24. The highest BCUT2D eigenvalue weighted by atomic mass is 16.5. The van der Waals surface area contributed by atoms with E-state index in [1.807, 2.05) is 0 Å². The molecule has 0 aromatic rings. The van der Waals surface area contributed by atoms with Crippen LogP contribution in [0.5, 0.6) is 0 Å². The van der Waals surface area contributed by atoms with Crippen LogP contribution in [0.1, 0.15) is 52.4 Å². The normalized spacial score (nSPS) is 15.9. The fraction of sp³-hybridized carbons (Fsp3) is 0.750. The van der Waals surface area contributed by atoms with Crippen molar-refractivity contribution in [1.29, 1.82) is 0 Å². The largest absolute Gasteiger partial charge is 0.463 e. The second kappa shape index (κ2) is 9.56. The standard InChI is InChI=1S/C16H26O4/c1-13(2)6-5-11-19-15(17)9-10-16(18)20-12-14-7-3-4-8-14/h9-10,13-14H,3-8,11-12H2,1-2H3/b10-9+. The Bertz CT molecular complexity index is 327. The lowest BCUT2D eigenvalue weighted by atomic mass is 10.1. The van der Waals surface area contributed by atoms with E-state index in [0.29, 0.717) is 25.0 Å². The Balaban J connectivity index is 2.08. The summed E-state index contributed by atoms with van der Waals surface area (Å²) >= 11 is 0. The van der Waals surface area contributed by atoms with Gasteiger partial charge in [-0.2, -0.15) is 0 Å². The summed E-state index contributed by atoms with van der Waals surface area (Å²) in [6.45, 7) is 5.12. The molecule has 0 spiro atoms. The van der Waals surface area contributed by atoms with Gasteiger partial charge >= 0.3 is 11.9 Å². The van der Waals surface area contributed by atoms with E-state index < -0.39 is 11.9 Å². The van der Waals surface area contributed by atoms with Crippen molar-refractivity contribution in [3.8, 4) is 0 Å². The molecule has 1 rings (SSSR count). The summed E-state index contributed by atoms with van der Waals surface area (Å²) in [5.41, 5.74) is 0. The third kappa shape index (κ3) is 7.97. The molecule has 0 amide bonds. The van der Waals surface area contributed by atoms with Gasteiger partial charge in [-0.3, -0.25) is 0 Å². The summed E-state index contributed by atoms with van der Waals surface area (Å²) in [4.78, 5) is 22.7. The first kappa shape index (κ1) is 16.7. The van der Waals surface area contributed by atoms with Gasteiger partial charge in [0, 0.05) is 12.2 Å². The van der Waals surface area contributed by atoms with Crippen molar-refractivity contribution in [1.82, 2.24) is 0 Å². The van der Waals surface area contributed by atoms with Crippen LogP contribution < -0.4 is 0 Å². The van der Waals surface area contributed by atoms with Gasteiger partial charge in [0.2, 0.25) is 0 Å². The Kier molecular flexibility index (Phi) is 8.00. The van der Waals surface area contributed by atoms with Gasteiger partial charge in [0.05, 0.1) is 13.2 Å². The van der Waals surface area contributed by atoms with Crippen LogP contribution in [0.2, 0.25) is 0 Å². The molecule has 0 bridgehead atoms. The van der Waals surface area contributed by atoms with Crippen LogP contribution in [0.3, 0.4) is 0 Å². The van der Waals surface area contributed by atoms with E-state index in [9.17, 15) is 9.59 Å². The highest BCUT2D eigenvalue weighted by Gasteiger charge is 2.16. The minimum absolute atomic E-state index is 0.401. The van der Waals surface area contributed by atoms with Crippen molar-refractivity contribution in [3.05, 3.63) is 12.2 Å². The molecule has 0 aromatic heterocycles. The third-order valence-corrected chi connectivity index (χ3v) is 3.46. The molecule has 1 fully saturated rings. The molecule has 1 saturated carbocycles. The lowest BCUT2D eigenvalue weighted by Crippen LogP contribution is -2.10. The number of carbonyl (C=O) groups excluding carboxylic acids is 2. The van der Waals surface area contributed by atoms with Crippen molar-refractivity contribution in [3.63, 3.8) is 0 Å². The van der Waals surface area contributed by atoms with Gasteiger partial charge in [0.15, 0.2) is 0 Å². The minimum Gasteiger partial charge on any atom is -0.463 e.